The third-order valence-corrected chi connectivity index (χ3v) is 5.12. The molecule has 1 aliphatic heterocycles. The second-order valence-electron chi connectivity index (χ2n) is 7.21. The highest BCUT2D eigenvalue weighted by Crippen LogP contribution is 2.22. The lowest BCUT2D eigenvalue weighted by Crippen LogP contribution is -2.56. The SMILES string of the molecule is CCOc1ccc(CN2CCN(C(=O)C(C)(N)c3ccccc3)CC2)cc1.Cl.Cl. The summed E-state index contributed by atoms with van der Waals surface area (Å²) >= 11 is 0. The molecule has 2 aromatic rings. The Balaban J connectivity index is 0.00000210. The van der Waals surface area contributed by atoms with Crippen LogP contribution in [0.5, 0.6) is 5.75 Å². The van der Waals surface area contributed by atoms with Crippen LogP contribution >= 0.6 is 24.8 Å². The molecular formula is C22H31Cl2N3O2. The molecule has 1 amide bonds. The Bertz CT molecular complexity index is 746. The van der Waals surface area contributed by atoms with Crippen LogP contribution < -0.4 is 10.5 Å². The second kappa shape index (κ2) is 11.4. The van der Waals surface area contributed by atoms with E-state index in [0.717, 1.165) is 30.9 Å². The fourth-order valence-electron chi connectivity index (χ4n) is 3.46. The predicted octanol–water partition coefficient (Wildman–Crippen LogP) is 3.45. The molecule has 7 heteroatoms. The molecule has 0 radical (unpaired) electrons. The summed E-state index contributed by atoms with van der Waals surface area (Å²) in [5.74, 6) is 0.897. The molecule has 0 spiro atoms. The van der Waals surface area contributed by atoms with Crippen molar-refractivity contribution < 1.29 is 9.53 Å². The van der Waals surface area contributed by atoms with Gasteiger partial charge in [-0.2, -0.15) is 0 Å². The number of carbonyl (C=O) groups is 1. The molecule has 0 saturated carbocycles. The van der Waals surface area contributed by atoms with E-state index in [9.17, 15) is 4.79 Å². The summed E-state index contributed by atoms with van der Waals surface area (Å²) < 4.78 is 5.49. The highest BCUT2D eigenvalue weighted by atomic mass is 35.5. The van der Waals surface area contributed by atoms with E-state index in [2.05, 4.69) is 17.0 Å². The maximum Gasteiger partial charge on any atom is 0.247 e. The summed E-state index contributed by atoms with van der Waals surface area (Å²) in [7, 11) is 0. The maximum absolute atomic E-state index is 13.0. The number of hydrogen-bond acceptors (Lipinski definition) is 4. The van der Waals surface area contributed by atoms with Crippen LogP contribution in [0.2, 0.25) is 0 Å². The van der Waals surface area contributed by atoms with Crippen molar-refractivity contribution in [2.75, 3.05) is 32.8 Å². The minimum atomic E-state index is -0.988. The molecule has 5 nitrogen and oxygen atoms in total. The van der Waals surface area contributed by atoms with E-state index in [-0.39, 0.29) is 30.7 Å². The molecule has 1 heterocycles. The van der Waals surface area contributed by atoms with Gasteiger partial charge in [0.25, 0.3) is 0 Å². The van der Waals surface area contributed by atoms with Crippen LogP contribution in [0, 0.1) is 0 Å². The lowest BCUT2D eigenvalue weighted by atomic mass is 9.91. The third kappa shape index (κ3) is 6.34. The summed E-state index contributed by atoms with van der Waals surface area (Å²) in [5.41, 5.74) is 7.51. The molecule has 1 fully saturated rings. The van der Waals surface area contributed by atoms with Crippen molar-refractivity contribution in [2.45, 2.75) is 25.9 Å². The van der Waals surface area contributed by atoms with Gasteiger partial charge in [-0.25, -0.2) is 0 Å². The van der Waals surface area contributed by atoms with Crippen LogP contribution in [0.15, 0.2) is 54.6 Å². The molecule has 1 aliphatic rings. The molecule has 1 unspecified atom stereocenters. The van der Waals surface area contributed by atoms with Crippen molar-refractivity contribution in [3.05, 3.63) is 65.7 Å². The molecule has 160 valence electrons. The van der Waals surface area contributed by atoms with Crippen molar-refractivity contribution in [3.63, 3.8) is 0 Å². The molecule has 2 N–H and O–H groups in total. The monoisotopic (exact) mass is 439 g/mol. The van der Waals surface area contributed by atoms with E-state index < -0.39 is 5.54 Å². The van der Waals surface area contributed by atoms with Gasteiger partial charge in [-0.1, -0.05) is 42.5 Å². The average molecular weight is 440 g/mol. The van der Waals surface area contributed by atoms with Gasteiger partial charge in [0.2, 0.25) is 5.91 Å². The van der Waals surface area contributed by atoms with Gasteiger partial charge >= 0.3 is 0 Å². The Kier molecular flexibility index (Phi) is 9.93. The zero-order valence-corrected chi connectivity index (χ0v) is 18.7. The number of benzene rings is 2. The molecule has 3 rings (SSSR count). The minimum Gasteiger partial charge on any atom is -0.494 e. The third-order valence-electron chi connectivity index (χ3n) is 5.12. The Labute approximate surface area is 186 Å². The van der Waals surface area contributed by atoms with Gasteiger partial charge in [-0.05, 0) is 37.1 Å². The van der Waals surface area contributed by atoms with Crippen molar-refractivity contribution in [2.24, 2.45) is 5.73 Å². The van der Waals surface area contributed by atoms with Crippen molar-refractivity contribution in [3.8, 4) is 5.75 Å². The van der Waals surface area contributed by atoms with Gasteiger partial charge in [0.15, 0.2) is 0 Å². The first-order valence-electron chi connectivity index (χ1n) is 9.58. The van der Waals surface area contributed by atoms with E-state index in [4.69, 9.17) is 10.5 Å². The summed E-state index contributed by atoms with van der Waals surface area (Å²) in [6.07, 6.45) is 0. The van der Waals surface area contributed by atoms with E-state index >= 15 is 0 Å². The molecule has 29 heavy (non-hydrogen) atoms. The van der Waals surface area contributed by atoms with E-state index in [1.165, 1.54) is 5.56 Å². The van der Waals surface area contributed by atoms with Gasteiger partial charge < -0.3 is 15.4 Å². The molecule has 0 aromatic heterocycles. The number of nitrogens with zero attached hydrogens (tertiary/aromatic N) is 2. The molecule has 1 saturated heterocycles. The van der Waals surface area contributed by atoms with Crippen LogP contribution in [-0.4, -0.2) is 48.5 Å². The first-order chi connectivity index (χ1) is 13.0. The van der Waals surface area contributed by atoms with Crippen molar-refractivity contribution in [1.82, 2.24) is 9.80 Å². The molecule has 2 aromatic carbocycles. The average Bonchev–Trinajstić information content (AvgIpc) is 2.70. The highest BCUT2D eigenvalue weighted by Gasteiger charge is 2.35. The van der Waals surface area contributed by atoms with Gasteiger partial charge in [-0.15, -0.1) is 24.8 Å². The predicted molar refractivity (Wildman–Crippen MR) is 122 cm³/mol. The van der Waals surface area contributed by atoms with E-state index in [0.29, 0.717) is 19.7 Å². The fourth-order valence-corrected chi connectivity index (χ4v) is 3.46. The quantitative estimate of drug-likeness (QED) is 0.748. The van der Waals surface area contributed by atoms with Gasteiger partial charge in [0, 0.05) is 32.7 Å². The topological polar surface area (TPSA) is 58.8 Å². The van der Waals surface area contributed by atoms with Gasteiger partial charge in [0.05, 0.1) is 6.61 Å². The largest absolute Gasteiger partial charge is 0.494 e. The number of rotatable bonds is 6. The Hall–Kier alpha value is -1.79. The summed E-state index contributed by atoms with van der Waals surface area (Å²) in [5, 5.41) is 0. The Morgan fingerprint density at radius 3 is 2.14 bits per heavy atom. The smallest absolute Gasteiger partial charge is 0.247 e. The number of carbonyl (C=O) groups excluding carboxylic acids is 1. The zero-order chi connectivity index (χ0) is 19.3. The second-order valence-corrected chi connectivity index (χ2v) is 7.21. The van der Waals surface area contributed by atoms with Crippen LogP contribution in [0.4, 0.5) is 0 Å². The van der Waals surface area contributed by atoms with Gasteiger partial charge in [-0.3, -0.25) is 9.69 Å². The number of halogens is 2. The molecular weight excluding hydrogens is 409 g/mol. The number of nitrogens with two attached hydrogens (primary N) is 1. The minimum absolute atomic E-state index is 0. The zero-order valence-electron chi connectivity index (χ0n) is 17.0. The Morgan fingerprint density at radius 2 is 1.59 bits per heavy atom. The van der Waals surface area contributed by atoms with E-state index in [1.54, 1.807) is 6.92 Å². The van der Waals surface area contributed by atoms with Crippen LogP contribution in [0.3, 0.4) is 0 Å². The van der Waals surface area contributed by atoms with E-state index in [1.807, 2.05) is 54.3 Å². The van der Waals surface area contributed by atoms with Crippen LogP contribution in [-0.2, 0) is 16.9 Å². The van der Waals surface area contributed by atoms with Gasteiger partial charge in [0.1, 0.15) is 11.3 Å². The first-order valence-corrected chi connectivity index (χ1v) is 9.58. The Morgan fingerprint density at radius 1 is 1.00 bits per heavy atom. The normalized spacial score (nSPS) is 16.2. The maximum atomic E-state index is 13.0. The molecule has 0 bridgehead atoms. The summed E-state index contributed by atoms with van der Waals surface area (Å²) in [6.45, 7) is 8.46. The number of amides is 1. The number of piperazine rings is 1. The number of hydrogen-bond donors (Lipinski definition) is 1. The fraction of sp³-hybridized carbons (Fsp3) is 0.409. The van der Waals surface area contributed by atoms with Crippen LogP contribution in [0.1, 0.15) is 25.0 Å². The number of ether oxygens (including phenoxy) is 1. The lowest BCUT2D eigenvalue weighted by molar-refractivity contribution is -0.138. The first kappa shape index (κ1) is 25.2. The van der Waals surface area contributed by atoms with Crippen molar-refractivity contribution >= 4 is 30.7 Å². The summed E-state index contributed by atoms with van der Waals surface area (Å²) in [6, 6.07) is 17.8. The summed E-state index contributed by atoms with van der Waals surface area (Å²) in [4.78, 5) is 17.2. The van der Waals surface area contributed by atoms with Crippen LogP contribution in [0.25, 0.3) is 0 Å². The molecule has 0 aliphatic carbocycles. The van der Waals surface area contributed by atoms with Crippen molar-refractivity contribution in [1.29, 1.82) is 0 Å². The highest BCUT2D eigenvalue weighted by molar-refractivity contribution is 5.87. The lowest BCUT2D eigenvalue weighted by Gasteiger charge is -2.38. The standard InChI is InChI=1S/C22H29N3O2.2ClH/c1-3-27-20-11-9-18(10-12-20)17-24-13-15-25(16-14-24)21(26)22(2,23)19-7-5-4-6-8-19;;/h4-12H,3,13-17,23H2,1-2H3;2*1H. The molecule has 1 atom stereocenters.